The van der Waals surface area contributed by atoms with Gasteiger partial charge in [0, 0.05) is 38.9 Å². The van der Waals surface area contributed by atoms with Crippen LogP contribution in [0.2, 0.25) is 0 Å². The first kappa shape index (κ1) is 77.4. The third-order valence-electron chi connectivity index (χ3n) is 15.9. The summed E-state index contributed by atoms with van der Waals surface area (Å²) in [5.41, 5.74) is 36.1. The molecule has 0 radical (unpaired) electrons. The first-order valence-corrected chi connectivity index (χ1v) is 31.8. The zero-order chi connectivity index (χ0) is 68.5. The number of unbranched alkanes of at least 4 members (excludes halogenated alkanes) is 1. The summed E-state index contributed by atoms with van der Waals surface area (Å²) in [6, 6.07) is 4.00. The average Bonchev–Trinajstić information content (AvgIpc) is 2.56. The summed E-state index contributed by atoms with van der Waals surface area (Å²) in [6.45, 7) is 14.4. The van der Waals surface area contributed by atoms with Crippen LogP contribution in [0, 0.1) is 17.8 Å². The van der Waals surface area contributed by atoms with Crippen molar-refractivity contribution in [3.05, 3.63) is 84.2 Å². The molecule has 2 aromatic carbocycles. The Kier molecular flexibility index (Phi) is 34.3. The van der Waals surface area contributed by atoms with E-state index in [1.165, 1.54) is 0 Å². The van der Waals surface area contributed by atoms with Crippen LogP contribution in [0.3, 0.4) is 0 Å². The molecule has 29 heteroatoms. The van der Waals surface area contributed by atoms with E-state index in [0.29, 0.717) is 36.8 Å². The largest absolute Gasteiger partial charge is 0.386 e. The molecule has 0 saturated carbocycles. The molecule has 92 heavy (non-hydrogen) atoms. The quantitative estimate of drug-likeness (QED) is 0.0315. The minimum absolute atomic E-state index is 0.00747. The molecule has 0 aromatic heterocycles. The van der Waals surface area contributed by atoms with Crippen LogP contribution in [-0.2, 0) is 65.6 Å². The van der Waals surface area contributed by atoms with Gasteiger partial charge in [0.1, 0.15) is 54.4 Å². The van der Waals surface area contributed by atoms with Crippen LogP contribution in [0.4, 0.5) is 0 Å². The Morgan fingerprint density at radius 2 is 0.967 bits per heavy atom. The predicted molar refractivity (Wildman–Crippen MR) is 349 cm³/mol. The van der Waals surface area contributed by atoms with Gasteiger partial charge in [0.05, 0.1) is 11.9 Å². The van der Waals surface area contributed by atoms with Gasteiger partial charge in [0.25, 0.3) is 0 Å². The zero-order valence-electron chi connectivity index (χ0n) is 54.1. The van der Waals surface area contributed by atoms with E-state index in [1.807, 2.05) is 0 Å². The molecule has 1 saturated heterocycles. The first-order chi connectivity index (χ1) is 43.7. The van der Waals surface area contributed by atoms with Gasteiger partial charge in [-0.05, 0) is 93.2 Å². The highest BCUT2D eigenvalue weighted by Crippen LogP contribution is 2.16. The number of nitrogens with two attached hydrogens (primary N) is 6. The SMILES string of the molecule is C=C(N)NCCC[C@@H]1NC(=O)[C@H]([C@@H](C)CC)NC(=O)[C@H](C(C)C)NC(=O)[C@H]([C@@H](C)CC)NC(=O)[C@@H](N)CCNC(=O)CC[C@@H](C(N)=O)NC(=O)[C@H](CCCN=C(N)N)NC(=O)[C@H](Cc2ccccc2)NC(=O)[C@H](CCCCN)NC(=O)[C@H](Cc2ccccc2)NC1=O. The highest BCUT2D eigenvalue weighted by Gasteiger charge is 2.38. The van der Waals surface area contributed by atoms with Crippen molar-refractivity contribution in [1.29, 1.82) is 0 Å². The minimum Gasteiger partial charge on any atom is -0.386 e. The van der Waals surface area contributed by atoms with Crippen LogP contribution >= 0.6 is 0 Å². The van der Waals surface area contributed by atoms with Gasteiger partial charge in [-0.3, -0.25) is 57.7 Å². The lowest BCUT2D eigenvalue weighted by Gasteiger charge is -2.31. The number of hydrogen-bond donors (Lipinski definition) is 17. The average molecular weight is 1290 g/mol. The summed E-state index contributed by atoms with van der Waals surface area (Å²) in [7, 11) is 0. The van der Waals surface area contributed by atoms with Crippen molar-refractivity contribution >= 4 is 70.9 Å². The van der Waals surface area contributed by atoms with Crippen molar-refractivity contribution in [2.75, 3.05) is 26.2 Å². The standard InChI is InChI=1S/C63H102N18O11/c1-8-37(5)51-61(91)76-46(25-18-31-70-39(7)65)57(87)78-47(34-40-20-12-10-13-21-40)58(88)74-44(24-16-17-30-64)56(86)77-48(35-41-22-14-11-15-23-41)59(89)75-45(26-19-32-72-63(68)69)55(85)73-43(53(67)83)27-28-49(82)71-33-29-42(66)54(84)80-52(38(6)9-2)62(92)79-50(36(3)4)60(90)81-51/h10-15,20-23,36-38,42-48,50-52,70H,7-9,16-19,24-35,64-66H2,1-6H3,(H2,67,83)(H,71,82)(H,73,85)(H,74,88)(H,75,89)(H,76,91)(H,77,86)(H,78,87)(H,79,92)(H,80,84)(H,81,90)(H4,68,69,72)/t37-,38-,42-,43-,44-,45-,46-,47-,48-,50-,51-,52-/m0/s1. The van der Waals surface area contributed by atoms with Gasteiger partial charge in [-0.2, -0.15) is 0 Å². The number of rotatable bonds is 23. The van der Waals surface area contributed by atoms with Gasteiger partial charge in [-0.15, -0.1) is 0 Å². The van der Waals surface area contributed by atoms with Crippen LogP contribution in [0.1, 0.15) is 130 Å². The van der Waals surface area contributed by atoms with E-state index in [9.17, 15) is 52.7 Å². The molecule has 510 valence electrons. The Balaban J connectivity index is 2.25. The van der Waals surface area contributed by atoms with Gasteiger partial charge >= 0.3 is 0 Å². The fraction of sp³-hybridized carbons (Fsp3) is 0.587. The van der Waals surface area contributed by atoms with Crippen molar-refractivity contribution in [3.63, 3.8) is 0 Å². The number of benzene rings is 2. The van der Waals surface area contributed by atoms with Gasteiger partial charge in [0.2, 0.25) is 65.0 Å². The Morgan fingerprint density at radius 3 is 1.43 bits per heavy atom. The number of nitrogens with zero attached hydrogens (tertiary/aromatic N) is 1. The summed E-state index contributed by atoms with van der Waals surface area (Å²) in [5.74, 6) is -10.4. The van der Waals surface area contributed by atoms with E-state index in [-0.39, 0.29) is 102 Å². The number of amides is 11. The molecular weight excluding hydrogens is 1180 g/mol. The molecule has 2 aromatic rings. The Morgan fingerprint density at radius 1 is 0.543 bits per heavy atom. The summed E-state index contributed by atoms with van der Waals surface area (Å²) < 4.78 is 0. The molecule has 12 atom stereocenters. The topological polar surface area (TPSA) is 489 Å². The van der Waals surface area contributed by atoms with Crippen LogP contribution in [-0.4, -0.2) is 158 Å². The van der Waals surface area contributed by atoms with Crippen molar-refractivity contribution in [1.82, 2.24) is 58.5 Å². The number of primary amides is 1. The van der Waals surface area contributed by atoms with Crippen molar-refractivity contribution in [2.45, 2.75) is 192 Å². The molecule has 1 aliphatic rings. The maximum absolute atomic E-state index is 14.9. The molecule has 1 fully saturated rings. The summed E-state index contributed by atoms with van der Waals surface area (Å²) in [4.78, 5) is 161. The second kappa shape index (κ2) is 40.8. The second-order valence-corrected chi connectivity index (χ2v) is 23.7. The first-order valence-electron chi connectivity index (χ1n) is 31.8. The molecule has 11 amide bonds. The minimum atomic E-state index is -1.44. The molecular formula is C63H102N18O11. The van der Waals surface area contributed by atoms with E-state index in [2.05, 4.69) is 70.1 Å². The van der Waals surface area contributed by atoms with Gasteiger partial charge in [0.15, 0.2) is 5.96 Å². The van der Waals surface area contributed by atoms with Gasteiger partial charge in [-0.1, -0.05) is 122 Å². The molecule has 3 rings (SSSR count). The molecule has 23 N–H and O–H groups in total. The fourth-order valence-electron chi connectivity index (χ4n) is 9.93. The van der Waals surface area contributed by atoms with Crippen LogP contribution in [0.25, 0.3) is 0 Å². The molecule has 1 aliphatic heterocycles. The van der Waals surface area contributed by atoms with Crippen molar-refractivity contribution in [3.8, 4) is 0 Å². The number of nitrogens with one attached hydrogen (secondary N) is 11. The number of hydrogen-bond acceptors (Lipinski definition) is 16. The lowest BCUT2D eigenvalue weighted by atomic mass is 9.94. The van der Waals surface area contributed by atoms with E-state index < -0.39 is 143 Å². The molecule has 0 unspecified atom stereocenters. The van der Waals surface area contributed by atoms with E-state index in [0.717, 1.165) is 0 Å². The summed E-state index contributed by atoms with van der Waals surface area (Å²) in [5, 5.41) is 30.3. The van der Waals surface area contributed by atoms with E-state index in [4.69, 9.17) is 34.4 Å². The molecule has 0 aliphatic carbocycles. The van der Waals surface area contributed by atoms with Crippen molar-refractivity contribution in [2.24, 2.45) is 57.1 Å². The Hall–Kier alpha value is -8.86. The second-order valence-electron chi connectivity index (χ2n) is 23.7. The molecule has 0 bridgehead atoms. The maximum Gasteiger partial charge on any atom is 0.243 e. The number of carbonyl (C=O) groups is 11. The highest BCUT2D eigenvalue weighted by molar-refractivity contribution is 5.99. The smallest absolute Gasteiger partial charge is 0.243 e. The van der Waals surface area contributed by atoms with Crippen LogP contribution in [0.5, 0.6) is 0 Å². The van der Waals surface area contributed by atoms with E-state index >= 15 is 0 Å². The monoisotopic (exact) mass is 1290 g/mol. The molecule has 29 nitrogen and oxygen atoms in total. The maximum atomic E-state index is 14.9. The third-order valence-corrected chi connectivity index (χ3v) is 15.9. The Labute approximate surface area is 539 Å². The number of guanidine groups is 1. The van der Waals surface area contributed by atoms with Crippen LogP contribution in [0.15, 0.2) is 78.1 Å². The number of aliphatic imine (C=N–C) groups is 1. The van der Waals surface area contributed by atoms with Gasteiger partial charge in [-0.25, -0.2) is 0 Å². The zero-order valence-corrected chi connectivity index (χ0v) is 54.1. The van der Waals surface area contributed by atoms with E-state index in [1.54, 1.807) is 102 Å². The third kappa shape index (κ3) is 27.7. The fourth-order valence-corrected chi connectivity index (χ4v) is 9.93. The lowest BCUT2D eigenvalue weighted by molar-refractivity contribution is -0.137. The van der Waals surface area contributed by atoms with Gasteiger partial charge < -0.3 is 92.9 Å². The highest BCUT2D eigenvalue weighted by atomic mass is 16.2. The normalized spacial score (nSPS) is 24.4. The summed E-state index contributed by atoms with van der Waals surface area (Å²) >= 11 is 0. The van der Waals surface area contributed by atoms with Crippen LogP contribution < -0.4 is 92.9 Å². The predicted octanol–water partition coefficient (Wildman–Crippen LogP) is -2.32. The summed E-state index contributed by atoms with van der Waals surface area (Å²) in [6.07, 6.45) is 0.784. The molecule has 1 heterocycles. The van der Waals surface area contributed by atoms with Crippen molar-refractivity contribution < 1.29 is 52.7 Å². The lowest BCUT2D eigenvalue weighted by Crippen LogP contribution is -2.62. The molecule has 0 spiro atoms. The Bertz CT molecular complexity index is 2790. The number of carbonyl (C=O) groups excluding carboxylic acids is 11.